The lowest BCUT2D eigenvalue weighted by atomic mass is 10.2. The van der Waals surface area contributed by atoms with Gasteiger partial charge in [-0.1, -0.05) is 13.8 Å². The molecule has 0 bridgehead atoms. The second-order valence-corrected chi connectivity index (χ2v) is 6.18. The summed E-state index contributed by atoms with van der Waals surface area (Å²) in [6.07, 6.45) is 0. The van der Waals surface area contributed by atoms with Crippen molar-refractivity contribution >= 4 is 23.2 Å². The van der Waals surface area contributed by atoms with Crippen LogP contribution in [-0.2, 0) is 11.3 Å². The maximum atomic E-state index is 11.4. The molecule has 3 N–H and O–H groups in total. The summed E-state index contributed by atoms with van der Waals surface area (Å²) in [6.45, 7) is 7.87. The summed E-state index contributed by atoms with van der Waals surface area (Å²) in [5.74, 6) is 0.841. The van der Waals surface area contributed by atoms with Crippen LogP contribution in [0, 0.1) is 12.8 Å². The van der Waals surface area contributed by atoms with E-state index >= 15 is 0 Å². The number of carbonyl (C=O) groups is 1. The van der Waals surface area contributed by atoms with Crippen LogP contribution >= 0.6 is 11.3 Å². The van der Waals surface area contributed by atoms with Crippen LogP contribution in [0.1, 0.15) is 23.6 Å². The molecule has 5 nitrogen and oxygen atoms in total. The Hall–Kier alpha value is -1.56. The molecule has 0 aromatic carbocycles. The number of aliphatic imine (C=N–C) groups is 1. The van der Waals surface area contributed by atoms with Gasteiger partial charge in [0, 0.05) is 35.8 Å². The standard InChI is InChI=1S/C14H24N4OS/c1-10(2)13(19)16-7-8-17-14(15-4)18-9-12-6-5-11(3)20-12/h5-6,10H,7-9H2,1-4H3,(H,16,19)(H2,15,17,18). The summed E-state index contributed by atoms with van der Waals surface area (Å²) < 4.78 is 0. The SMILES string of the molecule is CN=C(NCCNC(=O)C(C)C)NCc1ccc(C)s1. The molecule has 0 radical (unpaired) electrons. The van der Waals surface area contributed by atoms with Crippen LogP contribution in [0.15, 0.2) is 17.1 Å². The first-order valence-corrected chi connectivity index (χ1v) is 7.62. The van der Waals surface area contributed by atoms with Crippen LogP contribution in [0.2, 0.25) is 0 Å². The Labute approximate surface area is 124 Å². The van der Waals surface area contributed by atoms with Crippen molar-refractivity contribution in [3.8, 4) is 0 Å². The van der Waals surface area contributed by atoms with Crippen molar-refractivity contribution in [2.45, 2.75) is 27.3 Å². The maximum absolute atomic E-state index is 11.4. The largest absolute Gasteiger partial charge is 0.355 e. The third-order valence-corrected chi connectivity index (χ3v) is 3.69. The number of amides is 1. The third-order valence-electron chi connectivity index (χ3n) is 2.69. The number of hydrogen-bond donors (Lipinski definition) is 3. The van der Waals surface area contributed by atoms with E-state index in [1.807, 2.05) is 13.8 Å². The zero-order valence-corrected chi connectivity index (χ0v) is 13.4. The normalized spacial score (nSPS) is 11.6. The molecule has 0 spiro atoms. The minimum absolute atomic E-state index is 0.0227. The highest BCUT2D eigenvalue weighted by molar-refractivity contribution is 7.11. The molecule has 1 aromatic rings. The highest BCUT2D eigenvalue weighted by Gasteiger charge is 2.05. The number of thiophene rings is 1. The molecule has 0 aliphatic heterocycles. The number of carbonyl (C=O) groups excluding carboxylic acids is 1. The lowest BCUT2D eigenvalue weighted by Crippen LogP contribution is -2.41. The summed E-state index contributed by atoms with van der Waals surface area (Å²) in [5.41, 5.74) is 0. The minimum Gasteiger partial charge on any atom is -0.355 e. The van der Waals surface area contributed by atoms with Gasteiger partial charge in [-0.2, -0.15) is 0 Å². The monoisotopic (exact) mass is 296 g/mol. The van der Waals surface area contributed by atoms with E-state index in [0.717, 1.165) is 12.5 Å². The molecule has 1 heterocycles. The van der Waals surface area contributed by atoms with Crippen molar-refractivity contribution in [2.75, 3.05) is 20.1 Å². The molecular weight excluding hydrogens is 272 g/mol. The zero-order chi connectivity index (χ0) is 15.0. The van der Waals surface area contributed by atoms with Gasteiger partial charge in [-0.3, -0.25) is 9.79 Å². The third kappa shape index (κ3) is 6.06. The molecule has 0 saturated heterocycles. The fraction of sp³-hybridized carbons (Fsp3) is 0.571. The van der Waals surface area contributed by atoms with Gasteiger partial charge >= 0.3 is 0 Å². The van der Waals surface area contributed by atoms with E-state index in [2.05, 4.69) is 40.0 Å². The van der Waals surface area contributed by atoms with Crippen molar-refractivity contribution < 1.29 is 4.79 Å². The average Bonchev–Trinajstić information content (AvgIpc) is 2.83. The summed E-state index contributed by atoms with van der Waals surface area (Å²) in [4.78, 5) is 18.1. The van der Waals surface area contributed by atoms with Gasteiger partial charge in [0.2, 0.25) is 5.91 Å². The van der Waals surface area contributed by atoms with Gasteiger partial charge in [-0.15, -0.1) is 11.3 Å². The maximum Gasteiger partial charge on any atom is 0.222 e. The molecule has 0 aliphatic carbocycles. The predicted molar refractivity (Wildman–Crippen MR) is 85.1 cm³/mol. The van der Waals surface area contributed by atoms with Crippen LogP contribution in [-0.4, -0.2) is 32.0 Å². The molecule has 20 heavy (non-hydrogen) atoms. The summed E-state index contributed by atoms with van der Waals surface area (Å²) in [6, 6.07) is 4.22. The fourth-order valence-corrected chi connectivity index (χ4v) is 2.37. The zero-order valence-electron chi connectivity index (χ0n) is 12.6. The van der Waals surface area contributed by atoms with E-state index < -0.39 is 0 Å². The molecule has 0 atom stereocenters. The first-order chi connectivity index (χ1) is 9.52. The Bertz CT molecular complexity index is 454. The number of nitrogens with one attached hydrogen (secondary N) is 3. The molecule has 1 amide bonds. The Morgan fingerprint density at radius 2 is 1.95 bits per heavy atom. The Morgan fingerprint density at radius 3 is 2.50 bits per heavy atom. The van der Waals surface area contributed by atoms with Gasteiger partial charge < -0.3 is 16.0 Å². The Kier molecular flexibility index (Phi) is 7.08. The average molecular weight is 296 g/mol. The molecule has 112 valence electrons. The molecule has 0 saturated carbocycles. The number of aryl methyl sites for hydroxylation is 1. The van der Waals surface area contributed by atoms with Crippen molar-refractivity contribution in [3.63, 3.8) is 0 Å². The Morgan fingerprint density at radius 1 is 1.25 bits per heavy atom. The first-order valence-electron chi connectivity index (χ1n) is 6.80. The molecule has 1 aromatic heterocycles. The second kappa shape index (κ2) is 8.58. The Balaban J connectivity index is 2.22. The predicted octanol–water partition coefficient (Wildman–Crippen LogP) is 1.49. The molecular formula is C14H24N4OS. The molecule has 1 rings (SSSR count). The number of nitrogens with zero attached hydrogens (tertiary/aromatic N) is 1. The van der Waals surface area contributed by atoms with Crippen LogP contribution in [0.5, 0.6) is 0 Å². The van der Waals surface area contributed by atoms with E-state index in [4.69, 9.17) is 0 Å². The fourth-order valence-electron chi connectivity index (χ4n) is 1.54. The summed E-state index contributed by atoms with van der Waals surface area (Å²) in [5, 5.41) is 9.27. The molecule has 6 heteroatoms. The summed E-state index contributed by atoms with van der Waals surface area (Å²) >= 11 is 1.77. The van der Waals surface area contributed by atoms with Crippen molar-refractivity contribution in [2.24, 2.45) is 10.9 Å². The summed E-state index contributed by atoms with van der Waals surface area (Å²) in [7, 11) is 1.74. The van der Waals surface area contributed by atoms with Gasteiger partial charge in [-0.25, -0.2) is 0 Å². The smallest absolute Gasteiger partial charge is 0.222 e. The number of rotatable bonds is 6. The van der Waals surface area contributed by atoms with Crippen molar-refractivity contribution in [3.05, 3.63) is 21.9 Å². The van der Waals surface area contributed by atoms with Gasteiger partial charge in [0.05, 0.1) is 6.54 Å². The lowest BCUT2D eigenvalue weighted by molar-refractivity contribution is -0.123. The highest BCUT2D eigenvalue weighted by atomic mass is 32.1. The molecule has 0 fully saturated rings. The first kappa shape index (κ1) is 16.5. The minimum atomic E-state index is 0.0227. The highest BCUT2D eigenvalue weighted by Crippen LogP contribution is 2.14. The van der Waals surface area contributed by atoms with Crippen LogP contribution in [0.3, 0.4) is 0 Å². The topological polar surface area (TPSA) is 65.5 Å². The van der Waals surface area contributed by atoms with Crippen LogP contribution in [0.4, 0.5) is 0 Å². The number of guanidine groups is 1. The molecule has 0 unspecified atom stereocenters. The van der Waals surface area contributed by atoms with Gasteiger partial charge in [0.1, 0.15) is 0 Å². The van der Waals surface area contributed by atoms with E-state index in [9.17, 15) is 4.79 Å². The second-order valence-electron chi connectivity index (χ2n) is 4.81. The van der Waals surface area contributed by atoms with E-state index in [-0.39, 0.29) is 11.8 Å². The van der Waals surface area contributed by atoms with E-state index in [1.165, 1.54) is 9.75 Å². The van der Waals surface area contributed by atoms with E-state index in [1.54, 1.807) is 18.4 Å². The molecule has 0 aliphatic rings. The van der Waals surface area contributed by atoms with Crippen LogP contribution < -0.4 is 16.0 Å². The lowest BCUT2D eigenvalue weighted by Gasteiger charge is -2.12. The quantitative estimate of drug-likeness (QED) is 0.423. The van der Waals surface area contributed by atoms with Crippen LogP contribution in [0.25, 0.3) is 0 Å². The van der Waals surface area contributed by atoms with E-state index in [0.29, 0.717) is 13.1 Å². The van der Waals surface area contributed by atoms with Gasteiger partial charge in [0.25, 0.3) is 0 Å². The number of hydrogen-bond acceptors (Lipinski definition) is 3. The van der Waals surface area contributed by atoms with Gasteiger partial charge in [0.15, 0.2) is 5.96 Å². The van der Waals surface area contributed by atoms with Gasteiger partial charge in [-0.05, 0) is 19.1 Å². The van der Waals surface area contributed by atoms with Crippen molar-refractivity contribution in [1.29, 1.82) is 0 Å². The van der Waals surface area contributed by atoms with Crippen molar-refractivity contribution in [1.82, 2.24) is 16.0 Å².